The zero-order chi connectivity index (χ0) is 21.7. The molecule has 1 aliphatic heterocycles. The number of sulfonamides is 1. The molecule has 156 valence electrons. The van der Waals surface area contributed by atoms with Gasteiger partial charge in [-0.1, -0.05) is 70.9 Å². The van der Waals surface area contributed by atoms with E-state index in [1.807, 2.05) is 32.0 Å². The van der Waals surface area contributed by atoms with Crippen LogP contribution in [0.15, 0.2) is 82.2 Å². The summed E-state index contributed by atoms with van der Waals surface area (Å²) in [6.07, 6.45) is 0.676. The lowest BCUT2D eigenvalue weighted by molar-refractivity contribution is 0.351. The van der Waals surface area contributed by atoms with Crippen molar-refractivity contribution in [2.75, 3.05) is 4.31 Å². The van der Waals surface area contributed by atoms with Gasteiger partial charge in [0.25, 0.3) is 10.0 Å². The fourth-order valence-corrected chi connectivity index (χ4v) is 6.91. The summed E-state index contributed by atoms with van der Waals surface area (Å²) >= 11 is 3.39. The molecule has 3 aromatic rings. The average molecular weight is 484 g/mol. The number of hydrogen-bond donors (Lipinski definition) is 0. The minimum absolute atomic E-state index is 0.292. The molecule has 1 heterocycles. The molecule has 0 unspecified atom stereocenters. The number of nitrogens with zero attached hydrogens (tertiary/aromatic N) is 1. The molecule has 3 aromatic carbocycles. The van der Waals surface area contributed by atoms with Crippen LogP contribution in [-0.2, 0) is 15.4 Å². The first kappa shape index (κ1) is 21.1. The Labute approximate surface area is 187 Å². The van der Waals surface area contributed by atoms with Crippen LogP contribution in [0.2, 0.25) is 0 Å². The third-order valence-electron chi connectivity index (χ3n) is 6.09. The van der Waals surface area contributed by atoms with Gasteiger partial charge < -0.3 is 0 Å². The second-order valence-electron chi connectivity index (χ2n) is 8.93. The van der Waals surface area contributed by atoms with E-state index < -0.39 is 15.6 Å². The zero-order valence-corrected chi connectivity index (χ0v) is 20.1. The highest BCUT2D eigenvalue weighted by molar-refractivity contribution is 9.10. The first-order chi connectivity index (χ1) is 14.1. The van der Waals surface area contributed by atoms with E-state index in [0.717, 1.165) is 15.7 Å². The van der Waals surface area contributed by atoms with E-state index in [1.165, 1.54) is 11.1 Å². The maximum absolute atomic E-state index is 13.8. The van der Waals surface area contributed by atoms with Crippen molar-refractivity contribution in [3.05, 3.63) is 94.0 Å². The molecule has 0 saturated heterocycles. The Balaban J connectivity index is 1.93. The molecule has 1 aliphatic rings. The molecule has 0 N–H and O–H groups in total. The van der Waals surface area contributed by atoms with Crippen LogP contribution in [0.5, 0.6) is 0 Å². The van der Waals surface area contributed by atoms with Gasteiger partial charge in [-0.05, 0) is 68.7 Å². The molecular formula is C25H26BrNO2S. The van der Waals surface area contributed by atoms with Crippen molar-refractivity contribution >= 4 is 31.6 Å². The van der Waals surface area contributed by atoms with E-state index in [4.69, 9.17) is 0 Å². The number of benzene rings is 3. The van der Waals surface area contributed by atoms with Crippen LogP contribution in [0, 0.1) is 6.92 Å². The van der Waals surface area contributed by atoms with Crippen LogP contribution in [0.4, 0.5) is 5.69 Å². The number of aryl methyl sites for hydroxylation is 1. The van der Waals surface area contributed by atoms with Crippen molar-refractivity contribution in [1.29, 1.82) is 0 Å². The van der Waals surface area contributed by atoms with Gasteiger partial charge in [-0.2, -0.15) is 0 Å². The number of halogens is 1. The topological polar surface area (TPSA) is 37.4 Å². The molecule has 0 spiro atoms. The van der Waals surface area contributed by atoms with Gasteiger partial charge in [-0.25, -0.2) is 8.42 Å². The highest BCUT2D eigenvalue weighted by Crippen LogP contribution is 2.52. The average Bonchev–Trinajstić information content (AvgIpc) is 2.68. The fourth-order valence-electron chi connectivity index (χ4n) is 4.82. The molecule has 30 heavy (non-hydrogen) atoms. The third-order valence-corrected chi connectivity index (χ3v) is 8.66. The van der Waals surface area contributed by atoms with E-state index in [9.17, 15) is 8.42 Å². The first-order valence-corrected chi connectivity index (χ1v) is 12.3. The lowest BCUT2D eigenvalue weighted by Gasteiger charge is -2.51. The van der Waals surface area contributed by atoms with Gasteiger partial charge >= 0.3 is 0 Å². The van der Waals surface area contributed by atoms with Crippen LogP contribution in [0.3, 0.4) is 0 Å². The SMILES string of the molecule is Cc1ccc([C@]2(C)CC(C)(C)N(S(=O)(=O)c3ccc(Br)cc3)c3ccccc32)cc1. The van der Waals surface area contributed by atoms with Crippen LogP contribution >= 0.6 is 15.9 Å². The van der Waals surface area contributed by atoms with Gasteiger partial charge in [-0.3, -0.25) is 4.31 Å². The molecule has 0 saturated carbocycles. The second kappa shape index (κ2) is 7.24. The molecule has 0 fully saturated rings. The standard InChI is InChI=1S/C25H26BrNO2S/c1-18-9-11-19(12-10-18)25(4)17-24(2,3)27(23-8-6-5-7-22(23)25)30(28,29)21-15-13-20(26)14-16-21/h5-16H,17H2,1-4H3/t25-/m0/s1. The highest BCUT2D eigenvalue weighted by Gasteiger charge is 2.49. The zero-order valence-electron chi connectivity index (χ0n) is 17.7. The molecular weight excluding hydrogens is 458 g/mol. The van der Waals surface area contributed by atoms with Crippen molar-refractivity contribution in [3.8, 4) is 0 Å². The summed E-state index contributed by atoms with van der Waals surface area (Å²) in [4.78, 5) is 0.299. The lowest BCUT2D eigenvalue weighted by atomic mass is 9.66. The largest absolute Gasteiger partial charge is 0.264 e. The maximum Gasteiger partial charge on any atom is 0.264 e. The number of para-hydroxylation sites is 1. The van der Waals surface area contributed by atoms with Crippen molar-refractivity contribution < 1.29 is 8.42 Å². The molecule has 0 amide bonds. The van der Waals surface area contributed by atoms with E-state index in [-0.39, 0.29) is 5.41 Å². The van der Waals surface area contributed by atoms with E-state index in [0.29, 0.717) is 11.3 Å². The van der Waals surface area contributed by atoms with Crippen LogP contribution < -0.4 is 4.31 Å². The van der Waals surface area contributed by atoms with Gasteiger partial charge in [-0.15, -0.1) is 0 Å². The van der Waals surface area contributed by atoms with E-state index >= 15 is 0 Å². The van der Waals surface area contributed by atoms with Crippen LogP contribution in [-0.4, -0.2) is 14.0 Å². The molecule has 3 nitrogen and oxygen atoms in total. The summed E-state index contributed by atoms with van der Waals surface area (Å²) in [5.41, 5.74) is 3.30. The lowest BCUT2D eigenvalue weighted by Crippen LogP contribution is -2.55. The van der Waals surface area contributed by atoms with Crippen molar-refractivity contribution in [3.63, 3.8) is 0 Å². The summed E-state index contributed by atoms with van der Waals surface area (Å²) in [6, 6.07) is 23.3. The van der Waals surface area contributed by atoms with Gasteiger partial charge in [0.05, 0.1) is 16.1 Å². The van der Waals surface area contributed by atoms with E-state index in [1.54, 1.807) is 28.6 Å². The van der Waals surface area contributed by atoms with E-state index in [2.05, 4.69) is 60.1 Å². The smallest absolute Gasteiger partial charge is 0.260 e. The summed E-state index contributed by atoms with van der Waals surface area (Å²) in [5, 5.41) is 0. The summed E-state index contributed by atoms with van der Waals surface area (Å²) in [7, 11) is -3.73. The Hall–Kier alpha value is -2.11. The Morgan fingerprint density at radius 1 is 0.867 bits per heavy atom. The van der Waals surface area contributed by atoms with Gasteiger partial charge in [0, 0.05) is 9.89 Å². The number of hydrogen-bond acceptors (Lipinski definition) is 2. The van der Waals surface area contributed by atoms with Gasteiger partial charge in [0.15, 0.2) is 0 Å². The van der Waals surface area contributed by atoms with Gasteiger partial charge in [0.2, 0.25) is 0 Å². The highest BCUT2D eigenvalue weighted by atomic mass is 79.9. The summed E-state index contributed by atoms with van der Waals surface area (Å²) in [5.74, 6) is 0. The Bertz CT molecular complexity index is 1180. The number of fused-ring (bicyclic) bond motifs is 1. The van der Waals surface area contributed by atoms with Crippen LogP contribution in [0.1, 0.15) is 43.9 Å². The Morgan fingerprint density at radius 2 is 1.47 bits per heavy atom. The summed E-state index contributed by atoms with van der Waals surface area (Å²) < 4.78 is 30.0. The normalized spacial score (nSPS) is 20.6. The fraction of sp³-hybridized carbons (Fsp3) is 0.280. The molecule has 5 heteroatoms. The Morgan fingerprint density at radius 3 is 2.10 bits per heavy atom. The molecule has 0 aromatic heterocycles. The van der Waals surface area contributed by atoms with Crippen molar-refractivity contribution in [2.24, 2.45) is 0 Å². The Kier molecular flexibility index (Phi) is 5.10. The van der Waals surface area contributed by atoms with Crippen molar-refractivity contribution in [1.82, 2.24) is 0 Å². The minimum Gasteiger partial charge on any atom is -0.260 e. The number of rotatable bonds is 3. The van der Waals surface area contributed by atoms with Crippen molar-refractivity contribution in [2.45, 2.75) is 50.0 Å². The quantitative estimate of drug-likeness (QED) is 0.429. The van der Waals surface area contributed by atoms with Crippen LogP contribution in [0.25, 0.3) is 0 Å². The molecule has 4 rings (SSSR count). The maximum atomic E-state index is 13.8. The second-order valence-corrected chi connectivity index (χ2v) is 11.6. The monoisotopic (exact) mass is 483 g/mol. The first-order valence-electron chi connectivity index (χ1n) is 10.0. The predicted octanol–water partition coefficient (Wildman–Crippen LogP) is 6.44. The summed E-state index contributed by atoms with van der Waals surface area (Å²) in [6.45, 7) is 8.34. The molecule has 0 bridgehead atoms. The number of anilines is 1. The minimum atomic E-state index is -3.73. The van der Waals surface area contributed by atoms with Gasteiger partial charge in [0.1, 0.15) is 0 Å². The molecule has 0 radical (unpaired) electrons. The third kappa shape index (κ3) is 3.38. The predicted molar refractivity (Wildman–Crippen MR) is 127 cm³/mol. The molecule has 1 atom stereocenters. The molecule has 0 aliphatic carbocycles.